The highest BCUT2D eigenvalue weighted by molar-refractivity contribution is 5.96. The molecule has 3 N–H and O–H groups in total. The molecule has 6 atom stereocenters. The van der Waals surface area contributed by atoms with Crippen LogP contribution in [0.3, 0.4) is 0 Å². The number of rotatable bonds is 1. The molecular weight excluding hydrogens is 402 g/mol. The molecule has 32 heavy (non-hydrogen) atoms. The topological polar surface area (TPSA) is 82.5 Å². The van der Waals surface area contributed by atoms with E-state index < -0.39 is 17.5 Å². The van der Waals surface area contributed by atoms with Crippen molar-refractivity contribution in [3.63, 3.8) is 0 Å². The fraction of sp³-hybridized carbons (Fsp3) is 0.593. The number of aliphatic hydroxyl groups is 2. The van der Waals surface area contributed by atoms with E-state index in [2.05, 4.69) is 43.1 Å². The molecule has 0 amide bonds. The Morgan fingerprint density at radius 2 is 1.91 bits per heavy atom. The minimum atomic E-state index is -1.48. The van der Waals surface area contributed by atoms with Gasteiger partial charge in [-0.05, 0) is 80.1 Å². The second-order valence-corrected chi connectivity index (χ2v) is 11.6. The molecule has 0 spiro atoms. The fourth-order valence-electron chi connectivity index (χ4n) is 7.79. The van der Waals surface area contributed by atoms with E-state index >= 15 is 0 Å². The minimum absolute atomic E-state index is 0.0616. The molecule has 0 saturated heterocycles. The molecule has 170 valence electrons. The first-order valence-electron chi connectivity index (χ1n) is 12.0. The highest BCUT2D eigenvalue weighted by atomic mass is 16.6. The monoisotopic (exact) mass is 435 g/mol. The second kappa shape index (κ2) is 6.13. The summed E-state index contributed by atoms with van der Waals surface area (Å²) in [5.74, 6) is -1.11. The summed E-state index contributed by atoms with van der Waals surface area (Å²) in [6, 6.07) is 8.56. The maximum absolute atomic E-state index is 13.0. The molecule has 1 aliphatic heterocycles. The van der Waals surface area contributed by atoms with Crippen LogP contribution < -0.4 is 0 Å². The van der Waals surface area contributed by atoms with Crippen LogP contribution in [0.1, 0.15) is 64.6 Å². The summed E-state index contributed by atoms with van der Waals surface area (Å²) in [4.78, 5) is 16.7. The van der Waals surface area contributed by atoms with Crippen molar-refractivity contribution < 1.29 is 19.7 Å². The summed E-state index contributed by atoms with van der Waals surface area (Å²) >= 11 is 0. The number of hydrogen-bond donors (Lipinski definition) is 3. The van der Waals surface area contributed by atoms with E-state index in [9.17, 15) is 15.0 Å². The summed E-state index contributed by atoms with van der Waals surface area (Å²) in [5, 5.41) is 23.3. The van der Waals surface area contributed by atoms with Crippen LogP contribution in [0, 0.1) is 17.3 Å². The van der Waals surface area contributed by atoms with Gasteiger partial charge in [-0.15, -0.1) is 0 Å². The molecule has 2 heterocycles. The Balaban J connectivity index is 1.48. The summed E-state index contributed by atoms with van der Waals surface area (Å²) < 4.78 is 5.99. The van der Waals surface area contributed by atoms with Gasteiger partial charge in [0.1, 0.15) is 0 Å². The summed E-state index contributed by atoms with van der Waals surface area (Å²) in [7, 11) is 0. The van der Waals surface area contributed by atoms with Crippen LogP contribution >= 0.6 is 0 Å². The number of ketones is 1. The van der Waals surface area contributed by atoms with Gasteiger partial charge in [0.05, 0.1) is 5.60 Å². The van der Waals surface area contributed by atoms with Crippen LogP contribution in [0.5, 0.6) is 0 Å². The molecule has 4 aliphatic rings. The Bertz CT molecular complexity index is 1170. The zero-order chi connectivity index (χ0) is 22.7. The zero-order valence-corrected chi connectivity index (χ0v) is 19.4. The van der Waals surface area contributed by atoms with Gasteiger partial charge in [0.2, 0.25) is 0 Å². The number of aromatic amines is 1. The molecule has 0 unspecified atom stereocenters. The maximum atomic E-state index is 13.0. The Morgan fingerprint density at radius 1 is 1.16 bits per heavy atom. The Hall–Kier alpha value is -1.95. The largest absolute Gasteiger partial charge is 0.387 e. The molecular formula is C27H33NO4. The first kappa shape index (κ1) is 20.6. The third kappa shape index (κ3) is 2.37. The van der Waals surface area contributed by atoms with Crippen molar-refractivity contribution in [1.29, 1.82) is 0 Å². The van der Waals surface area contributed by atoms with Gasteiger partial charge in [0.15, 0.2) is 17.7 Å². The van der Waals surface area contributed by atoms with Gasteiger partial charge >= 0.3 is 0 Å². The molecule has 2 aromatic rings. The van der Waals surface area contributed by atoms with Crippen LogP contribution in [0.4, 0.5) is 0 Å². The van der Waals surface area contributed by atoms with Gasteiger partial charge in [-0.3, -0.25) is 4.79 Å². The number of nitrogens with one attached hydrogen (secondary N) is 1. The SMILES string of the molecule is CC(C)(O)[C@H]1O[C@@]2(O)CC[C@@]3(C)[C@@H](CC[C@H]4Cc5c([nH]c6ccccc56)[C@@]43C)C2=CC1=O. The number of benzene rings is 1. The van der Waals surface area contributed by atoms with E-state index in [-0.39, 0.29) is 22.5 Å². The molecule has 5 heteroatoms. The first-order chi connectivity index (χ1) is 15.0. The van der Waals surface area contributed by atoms with Crippen molar-refractivity contribution >= 4 is 16.7 Å². The van der Waals surface area contributed by atoms with E-state index in [0.717, 1.165) is 31.3 Å². The minimum Gasteiger partial charge on any atom is -0.387 e. The van der Waals surface area contributed by atoms with Gasteiger partial charge in [-0.25, -0.2) is 0 Å². The van der Waals surface area contributed by atoms with Crippen molar-refractivity contribution in [2.45, 2.75) is 82.7 Å². The number of carbonyl (C=O) groups excluding carboxylic acids is 1. The van der Waals surface area contributed by atoms with Crippen LogP contribution in [0.25, 0.3) is 10.9 Å². The predicted molar refractivity (Wildman–Crippen MR) is 122 cm³/mol. The molecule has 1 aromatic heterocycles. The van der Waals surface area contributed by atoms with Crippen molar-refractivity contribution in [3.05, 3.63) is 47.2 Å². The normalized spacial score (nSPS) is 41.0. The van der Waals surface area contributed by atoms with Crippen molar-refractivity contribution in [2.75, 3.05) is 0 Å². The summed E-state index contributed by atoms with van der Waals surface area (Å²) in [6.07, 6.45) is 4.89. The lowest BCUT2D eigenvalue weighted by atomic mass is 9.44. The summed E-state index contributed by atoms with van der Waals surface area (Å²) in [6.45, 7) is 7.89. The van der Waals surface area contributed by atoms with Gasteiger partial charge in [0, 0.05) is 28.4 Å². The van der Waals surface area contributed by atoms with Gasteiger partial charge < -0.3 is 19.9 Å². The highest BCUT2D eigenvalue weighted by Crippen LogP contribution is 2.68. The number of ether oxygens (including phenoxy) is 1. The van der Waals surface area contributed by atoms with Crippen molar-refractivity contribution in [3.8, 4) is 0 Å². The van der Waals surface area contributed by atoms with Gasteiger partial charge in [-0.1, -0.05) is 32.0 Å². The molecule has 2 saturated carbocycles. The molecule has 3 aliphatic carbocycles. The van der Waals surface area contributed by atoms with E-state index in [1.54, 1.807) is 19.9 Å². The first-order valence-corrected chi connectivity index (χ1v) is 12.0. The van der Waals surface area contributed by atoms with E-state index in [0.29, 0.717) is 12.3 Å². The molecule has 1 aromatic carbocycles. The number of hydrogen-bond acceptors (Lipinski definition) is 4. The summed E-state index contributed by atoms with van der Waals surface area (Å²) in [5.41, 5.74) is 3.19. The van der Waals surface area contributed by atoms with Crippen molar-refractivity contribution in [2.24, 2.45) is 17.3 Å². The Kier molecular flexibility index (Phi) is 3.96. The maximum Gasteiger partial charge on any atom is 0.189 e. The Morgan fingerprint density at radius 3 is 2.66 bits per heavy atom. The van der Waals surface area contributed by atoms with E-state index in [1.165, 1.54) is 22.2 Å². The quantitative estimate of drug-likeness (QED) is 0.628. The lowest BCUT2D eigenvalue weighted by Gasteiger charge is -2.62. The number of para-hydroxylation sites is 1. The number of carbonyl (C=O) groups is 1. The standard InChI is InChI=1S/C27H33NO4/c1-24(2,30)23-21(29)14-19-18-10-9-15-13-17-16-7-5-6-8-20(16)28-22(17)26(15,4)25(18,3)11-12-27(19,31)32-23/h5-8,14-15,18,23,28,30-31H,9-13H2,1-4H3/t15-,18-,23-,25-,26+,27-/m0/s1. The van der Waals surface area contributed by atoms with Gasteiger partial charge in [-0.2, -0.15) is 0 Å². The fourth-order valence-corrected chi connectivity index (χ4v) is 7.79. The average Bonchev–Trinajstić information content (AvgIpc) is 3.23. The molecule has 5 nitrogen and oxygen atoms in total. The van der Waals surface area contributed by atoms with Crippen LogP contribution in [-0.2, 0) is 21.4 Å². The highest BCUT2D eigenvalue weighted by Gasteiger charge is 2.66. The lowest BCUT2D eigenvalue weighted by Crippen LogP contribution is -2.63. The predicted octanol–water partition coefficient (Wildman–Crippen LogP) is 4.16. The zero-order valence-electron chi connectivity index (χ0n) is 19.4. The second-order valence-electron chi connectivity index (χ2n) is 11.6. The van der Waals surface area contributed by atoms with Crippen molar-refractivity contribution in [1.82, 2.24) is 4.98 Å². The number of H-pyrrole nitrogens is 1. The molecule has 0 radical (unpaired) electrons. The van der Waals surface area contributed by atoms with Gasteiger partial charge in [0.25, 0.3) is 0 Å². The van der Waals surface area contributed by atoms with Crippen LogP contribution in [0.15, 0.2) is 35.9 Å². The third-order valence-corrected chi connectivity index (χ3v) is 9.68. The smallest absolute Gasteiger partial charge is 0.189 e. The molecule has 2 fully saturated rings. The third-order valence-electron chi connectivity index (χ3n) is 9.68. The number of aromatic nitrogens is 1. The lowest BCUT2D eigenvalue weighted by molar-refractivity contribution is -0.262. The molecule has 6 rings (SSSR count). The Labute approximate surface area is 188 Å². The van der Waals surface area contributed by atoms with E-state index in [4.69, 9.17) is 4.74 Å². The van der Waals surface area contributed by atoms with Crippen LogP contribution in [0.2, 0.25) is 0 Å². The van der Waals surface area contributed by atoms with E-state index in [1.807, 2.05) is 0 Å². The molecule has 0 bridgehead atoms. The van der Waals surface area contributed by atoms with Crippen LogP contribution in [-0.4, -0.2) is 38.5 Å². The number of fused-ring (bicyclic) bond motifs is 9. The average molecular weight is 436 g/mol.